The molecule has 0 bridgehead atoms. The highest BCUT2D eigenvalue weighted by Crippen LogP contribution is 1.78. The molecule has 0 unspecified atom stereocenters. The Morgan fingerprint density at radius 1 is 0.737 bits per heavy atom. The quantitative estimate of drug-likeness (QED) is 0.474. The van der Waals surface area contributed by atoms with Gasteiger partial charge in [-0.25, -0.2) is 0 Å². The van der Waals surface area contributed by atoms with Gasteiger partial charge in [0.05, 0.1) is 0 Å². The van der Waals surface area contributed by atoms with Crippen molar-refractivity contribution in [2.24, 2.45) is 0 Å². The molecule has 112 valence electrons. The number of hydrogen-bond acceptors (Lipinski definition) is 6. The Balaban J connectivity index is -0.000000206. The van der Waals surface area contributed by atoms with E-state index in [0.717, 1.165) is 0 Å². The van der Waals surface area contributed by atoms with Crippen LogP contribution in [0.4, 0.5) is 0 Å². The van der Waals surface area contributed by atoms with Crippen LogP contribution in [0.2, 0.25) is 0 Å². The Labute approximate surface area is 110 Å². The van der Waals surface area contributed by atoms with Gasteiger partial charge < -0.3 is 20.4 Å². The van der Waals surface area contributed by atoms with Crippen molar-refractivity contribution in [3.63, 3.8) is 0 Å². The van der Waals surface area contributed by atoms with E-state index in [1.54, 1.807) is 0 Å². The maximum atomic E-state index is 9.87. The van der Waals surface area contributed by atoms with Crippen LogP contribution in [0.1, 0.15) is 33.1 Å². The SMILES string of the molecule is CC(=O)CC(=O)O.CC(=O)CC(=O)O.OCCCO. The highest BCUT2D eigenvalue weighted by molar-refractivity contribution is 5.93. The number of aliphatic hydroxyl groups excluding tert-OH is 2. The van der Waals surface area contributed by atoms with Gasteiger partial charge in [0.2, 0.25) is 0 Å². The zero-order chi connectivity index (χ0) is 15.8. The largest absolute Gasteiger partial charge is 0.481 e. The molecule has 0 heterocycles. The summed E-state index contributed by atoms with van der Waals surface area (Å²) in [6, 6.07) is 0. The molecular formula is C11H20O8. The number of carbonyl (C=O) groups excluding carboxylic acids is 2. The van der Waals surface area contributed by atoms with E-state index in [-0.39, 0.29) is 37.6 Å². The minimum atomic E-state index is -1.06. The Hall–Kier alpha value is -1.80. The summed E-state index contributed by atoms with van der Waals surface area (Å²) in [5, 5.41) is 31.5. The maximum absolute atomic E-state index is 9.87. The number of aliphatic carboxylic acids is 2. The molecule has 0 amide bonds. The molecule has 0 spiro atoms. The van der Waals surface area contributed by atoms with Crippen LogP contribution < -0.4 is 0 Å². The molecule has 0 rings (SSSR count). The molecule has 19 heavy (non-hydrogen) atoms. The van der Waals surface area contributed by atoms with Gasteiger partial charge in [-0.1, -0.05) is 0 Å². The predicted molar refractivity (Wildman–Crippen MR) is 64.7 cm³/mol. The Morgan fingerprint density at radius 3 is 1.00 bits per heavy atom. The first-order chi connectivity index (χ1) is 8.67. The first-order valence-corrected chi connectivity index (χ1v) is 5.31. The van der Waals surface area contributed by atoms with Crippen molar-refractivity contribution in [2.45, 2.75) is 33.1 Å². The third-order valence-electron chi connectivity index (χ3n) is 1.12. The van der Waals surface area contributed by atoms with Gasteiger partial charge in [0.1, 0.15) is 24.4 Å². The number of ketones is 2. The summed E-state index contributed by atoms with van der Waals surface area (Å²) < 4.78 is 0. The third kappa shape index (κ3) is 48.6. The Morgan fingerprint density at radius 2 is 1.00 bits per heavy atom. The number of aliphatic hydroxyl groups is 2. The second kappa shape index (κ2) is 16.2. The van der Waals surface area contributed by atoms with Crippen molar-refractivity contribution in [1.82, 2.24) is 0 Å². The van der Waals surface area contributed by atoms with E-state index in [2.05, 4.69) is 0 Å². The van der Waals surface area contributed by atoms with E-state index >= 15 is 0 Å². The van der Waals surface area contributed by atoms with Gasteiger partial charge in [0, 0.05) is 13.2 Å². The first-order valence-electron chi connectivity index (χ1n) is 5.31. The van der Waals surface area contributed by atoms with E-state index < -0.39 is 11.9 Å². The molecule has 0 fully saturated rings. The van der Waals surface area contributed by atoms with E-state index in [1.165, 1.54) is 13.8 Å². The van der Waals surface area contributed by atoms with Crippen LogP contribution in [-0.2, 0) is 19.2 Å². The van der Waals surface area contributed by atoms with Crippen LogP contribution in [-0.4, -0.2) is 57.1 Å². The Kier molecular flexibility index (Phi) is 19.1. The fourth-order valence-corrected chi connectivity index (χ4v) is 0.497. The predicted octanol–water partition coefficient (Wildman–Crippen LogP) is -0.539. The average molecular weight is 280 g/mol. The lowest BCUT2D eigenvalue weighted by Gasteiger charge is -1.80. The highest BCUT2D eigenvalue weighted by Gasteiger charge is 1.98. The number of hydrogen-bond donors (Lipinski definition) is 4. The van der Waals surface area contributed by atoms with Crippen molar-refractivity contribution < 1.29 is 39.6 Å². The molecule has 0 aromatic carbocycles. The second-order valence-corrected chi connectivity index (χ2v) is 3.35. The minimum Gasteiger partial charge on any atom is -0.481 e. The van der Waals surface area contributed by atoms with E-state index in [0.29, 0.717) is 6.42 Å². The minimum absolute atomic E-state index is 0.0938. The highest BCUT2D eigenvalue weighted by atomic mass is 16.4. The lowest BCUT2D eigenvalue weighted by Crippen LogP contribution is -2.00. The number of Topliss-reactive ketones (excluding diaryl/α,β-unsaturated/α-hetero) is 2. The van der Waals surface area contributed by atoms with Gasteiger partial charge in [-0.3, -0.25) is 19.2 Å². The smallest absolute Gasteiger partial charge is 0.310 e. The van der Waals surface area contributed by atoms with Crippen molar-refractivity contribution in [2.75, 3.05) is 13.2 Å². The summed E-state index contributed by atoms with van der Waals surface area (Å²) in [6.07, 6.45) is -0.222. The summed E-state index contributed by atoms with van der Waals surface area (Å²) in [4.78, 5) is 38.9. The van der Waals surface area contributed by atoms with Crippen LogP contribution in [0.25, 0.3) is 0 Å². The molecule has 8 heteroatoms. The van der Waals surface area contributed by atoms with Gasteiger partial charge in [-0.15, -0.1) is 0 Å². The average Bonchev–Trinajstić information content (AvgIpc) is 2.15. The van der Waals surface area contributed by atoms with Crippen molar-refractivity contribution in [3.05, 3.63) is 0 Å². The summed E-state index contributed by atoms with van der Waals surface area (Å²) in [5.74, 6) is -2.75. The molecule has 0 aliphatic rings. The van der Waals surface area contributed by atoms with Crippen molar-refractivity contribution >= 4 is 23.5 Å². The van der Waals surface area contributed by atoms with Crippen LogP contribution in [0.15, 0.2) is 0 Å². The molecule has 0 saturated heterocycles. The van der Waals surface area contributed by atoms with Crippen LogP contribution in [0.3, 0.4) is 0 Å². The first kappa shape index (κ1) is 22.4. The molecule has 4 N–H and O–H groups in total. The fraction of sp³-hybridized carbons (Fsp3) is 0.636. The van der Waals surface area contributed by atoms with E-state index in [1.807, 2.05) is 0 Å². The molecule has 0 aromatic rings. The lowest BCUT2D eigenvalue weighted by molar-refractivity contribution is -0.141. The van der Waals surface area contributed by atoms with Crippen molar-refractivity contribution in [1.29, 1.82) is 0 Å². The van der Waals surface area contributed by atoms with Gasteiger partial charge in [0.15, 0.2) is 0 Å². The summed E-state index contributed by atoms with van der Waals surface area (Å²) in [7, 11) is 0. The number of carboxylic acids is 2. The topological polar surface area (TPSA) is 149 Å². The molecule has 0 radical (unpaired) electrons. The molecular weight excluding hydrogens is 260 g/mol. The molecule has 0 aliphatic carbocycles. The van der Waals surface area contributed by atoms with Crippen LogP contribution in [0, 0.1) is 0 Å². The molecule has 0 saturated carbocycles. The standard InChI is InChI=1S/2C4H6O3.C3H8O2/c2*1-3(5)2-4(6)7;4-2-1-3-5/h2*2H2,1H3,(H,6,7);4-5H,1-3H2. The number of carbonyl (C=O) groups is 4. The zero-order valence-corrected chi connectivity index (χ0v) is 11.0. The maximum Gasteiger partial charge on any atom is 0.310 e. The molecule has 0 aliphatic heterocycles. The van der Waals surface area contributed by atoms with Gasteiger partial charge in [0.25, 0.3) is 0 Å². The zero-order valence-electron chi connectivity index (χ0n) is 11.0. The Bertz CT molecular complexity index is 232. The van der Waals surface area contributed by atoms with Gasteiger partial charge >= 0.3 is 11.9 Å². The third-order valence-corrected chi connectivity index (χ3v) is 1.12. The fourth-order valence-electron chi connectivity index (χ4n) is 0.497. The van der Waals surface area contributed by atoms with Gasteiger partial charge in [-0.2, -0.15) is 0 Å². The van der Waals surface area contributed by atoms with Crippen LogP contribution >= 0.6 is 0 Å². The second-order valence-electron chi connectivity index (χ2n) is 3.35. The summed E-state index contributed by atoms with van der Waals surface area (Å²) in [5.41, 5.74) is 0. The monoisotopic (exact) mass is 280 g/mol. The number of rotatable bonds is 6. The van der Waals surface area contributed by atoms with Crippen molar-refractivity contribution in [3.8, 4) is 0 Å². The molecule has 0 aromatic heterocycles. The van der Waals surface area contributed by atoms with Gasteiger partial charge in [-0.05, 0) is 20.3 Å². The summed E-state index contributed by atoms with van der Waals surface area (Å²) >= 11 is 0. The number of carboxylic acid groups (broad SMARTS) is 2. The normalized spacial score (nSPS) is 8.21. The molecule has 8 nitrogen and oxygen atoms in total. The van der Waals surface area contributed by atoms with E-state index in [4.69, 9.17) is 20.4 Å². The summed E-state index contributed by atoms with van der Waals surface area (Å²) in [6.45, 7) is 2.68. The van der Waals surface area contributed by atoms with Crippen LogP contribution in [0.5, 0.6) is 0 Å². The molecule has 0 atom stereocenters. The lowest BCUT2D eigenvalue weighted by atomic mass is 10.3. The van der Waals surface area contributed by atoms with E-state index in [9.17, 15) is 19.2 Å².